The fourth-order valence-corrected chi connectivity index (χ4v) is 2.08. The van der Waals surface area contributed by atoms with E-state index >= 15 is 0 Å². The predicted molar refractivity (Wildman–Crippen MR) is 78.4 cm³/mol. The molecule has 0 saturated carbocycles. The van der Waals surface area contributed by atoms with E-state index in [0.29, 0.717) is 0 Å². The first-order valence-corrected chi connectivity index (χ1v) is 6.66. The fraction of sp³-hybridized carbons (Fsp3) is 0.600. The van der Waals surface area contributed by atoms with E-state index in [4.69, 9.17) is 4.74 Å². The van der Waals surface area contributed by atoms with Crippen LogP contribution in [0.15, 0.2) is 18.2 Å². The maximum atomic E-state index is 9.20. The Morgan fingerprint density at radius 1 is 1.16 bits per heavy atom. The van der Waals surface area contributed by atoms with Crippen LogP contribution < -0.4 is 4.74 Å². The Balaban J connectivity index is 2.58. The average molecular weight is 266 g/mol. The molecule has 0 bridgehead atoms. The van der Waals surface area contributed by atoms with Gasteiger partial charge in [-0.3, -0.25) is 0 Å². The second-order valence-electron chi connectivity index (χ2n) is 5.20. The standard InChI is InChI=1S/C15H26N2O2/c1-16(2)8-5-9-17(3)11-14-10-13(12-18)6-7-15(14)19-4/h6-7,10,18H,5,8-9,11-12H2,1-4H3. The van der Waals surface area contributed by atoms with Crippen molar-refractivity contribution >= 4 is 0 Å². The Labute approximate surface area is 116 Å². The zero-order valence-corrected chi connectivity index (χ0v) is 12.5. The van der Waals surface area contributed by atoms with Gasteiger partial charge in [-0.1, -0.05) is 6.07 Å². The van der Waals surface area contributed by atoms with E-state index in [1.807, 2.05) is 18.2 Å². The van der Waals surface area contributed by atoms with Crippen LogP contribution in [0.25, 0.3) is 0 Å². The molecule has 0 aliphatic carbocycles. The summed E-state index contributed by atoms with van der Waals surface area (Å²) < 4.78 is 5.37. The van der Waals surface area contributed by atoms with Gasteiger partial charge in [0, 0.05) is 12.1 Å². The van der Waals surface area contributed by atoms with E-state index in [2.05, 4.69) is 30.9 Å². The lowest BCUT2D eigenvalue weighted by molar-refractivity contribution is 0.278. The highest BCUT2D eigenvalue weighted by Gasteiger charge is 2.07. The molecule has 4 nitrogen and oxygen atoms in total. The van der Waals surface area contributed by atoms with Gasteiger partial charge < -0.3 is 19.6 Å². The van der Waals surface area contributed by atoms with Crippen LogP contribution in [0.5, 0.6) is 5.75 Å². The van der Waals surface area contributed by atoms with Crippen LogP contribution in [0, 0.1) is 0 Å². The Hall–Kier alpha value is -1.10. The van der Waals surface area contributed by atoms with Gasteiger partial charge in [-0.2, -0.15) is 0 Å². The number of ether oxygens (including phenoxy) is 1. The highest BCUT2D eigenvalue weighted by Crippen LogP contribution is 2.21. The van der Waals surface area contributed by atoms with Crippen molar-refractivity contribution in [2.45, 2.75) is 19.6 Å². The molecule has 0 amide bonds. The molecule has 0 aromatic heterocycles. The van der Waals surface area contributed by atoms with Crippen LogP contribution in [-0.4, -0.2) is 56.2 Å². The number of hydrogen-bond acceptors (Lipinski definition) is 4. The van der Waals surface area contributed by atoms with Gasteiger partial charge in [0.1, 0.15) is 5.75 Å². The predicted octanol–water partition coefficient (Wildman–Crippen LogP) is 1.57. The van der Waals surface area contributed by atoms with Gasteiger partial charge in [-0.25, -0.2) is 0 Å². The van der Waals surface area contributed by atoms with E-state index in [0.717, 1.165) is 42.9 Å². The third-order valence-electron chi connectivity index (χ3n) is 3.11. The Morgan fingerprint density at radius 3 is 2.47 bits per heavy atom. The first kappa shape index (κ1) is 16.0. The van der Waals surface area contributed by atoms with Gasteiger partial charge in [-0.05, 0) is 58.3 Å². The van der Waals surface area contributed by atoms with E-state index in [1.165, 1.54) is 0 Å². The highest BCUT2D eigenvalue weighted by atomic mass is 16.5. The fourth-order valence-electron chi connectivity index (χ4n) is 2.08. The van der Waals surface area contributed by atoms with Gasteiger partial charge in [0.05, 0.1) is 13.7 Å². The maximum absolute atomic E-state index is 9.20. The van der Waals surface area contributed by atoms with E-state index in [-0.39, 0.29) is 6.61 Å². The Bertz CT molecular complexity index is 380. The molecule has 0 heterocycles. The summed E-state index contributed by atoms with van der Waals surface area (Å²) in [5, 5.41) is 9.20. The third kappa shape index (κ3) is 5.59. The van der Waals surface area contributed by atoms with Crippen LogP contribution in [-0.2, 0) is 13.2 Å². The molecule has 1 aromatic rings. The zero-order valence-electron chi connectivity index (χ0n) is 12.5. The minimum absolute atomic E-state index is 0.0708. The van der Waals surface area contributed by atoms with Gasteiger partial charge in [0.2, 0.25) is 0 Å². The lowest BCUT2D eigenvalue weighted by atomic mass is 10.1. The monoisotopic (exact) mass is 266 g/mol. The Morgan fingerprint density at radius 2 is 1.89 bits per heavy atom. The van der Waals surface area contributed by atoms with E-state index in [1.54, 1.807) is 7.11 Å². The molecule has 0 unspecified atom stereocenters. The number of aliphatic hydroxyl groups is 1. The van der Waals surface area contributed by atoms with Crippen LogP contribution in [0.3, 0.4) is 0 Å². The zero-order chi connectivity index (χ0) is 14.3. The molecule has 0 spiro atoms. The molecule has 0 saturated heterocycles. The SMILES string of the molecule is COc1ccc(CO)cc1CN(C)CCCN(C)C. The van der Waals surface area contributed by atoms with Crippen molar-refractivity contribution in [3.63, 3.8) is 0 Å². The number of methoxy groups -OCH3 is 1. The van der Waals surface area contributed by atoms with Crippen molar-refractivity contribution in [3.8, 4) is 5.75 Å². The van der Waals surface area contributed by atoms with Crippen molar-refractivity contribution in [2.24, 2.45) is 0 Å². The average Bonchev–Trinajstić information content (AvgIpc) is 2.38. The first-order valence-electron chi connectivity index (χ1n) is 6.66. The van der Waals surface area contributed by atoms with Gasteiger partial charge in [-0.15, -0.1) is 0 Å². The Kier molecular flexibility index (Phi) is 6.84. The molecule has 108 valence electrons. The van der Waals surface area contributed by atoms with Crippen molar-refractivity contribution in [2.75, 3.05) is 41.3 Å². The number of benzene rings is 1. The molecule has 0 radical (unpaired) electrons. The topological polar surface area (TPSA) is 35.9 Å². The van der Waals surface area contributed by atoms with Crippen LogP contribution in [0.4, 0.5) is 0 Å². The minimum atomic E-state index is 0.0708. The quantitative estimate of drug-likeness (QED) is 0.775. The molecule has 19 heavy (non-hydrogen) atoms. The summed E-state index contributed by atoms with van der Waals surface area (Å²) in [4.78, 5) is 4.48. The molecular formula is C15H26N2O2. The number of hydrogen-bond donors (Lipinski definition) is 1. The van der Waals surface area contributed by atoms with Crippen molar-refractivity contribution < 1.29 is 9.84 Å². The summed E-state index contributed by atoms with van der Waals surface area (Å²) in [5.41, 5.74) is 2.05. The lowest BCUT2D eigenvalue weighted by Gasteiger charge is -2.20. The molecule has 0 atom stereocenters. The second kappa shape index (κ2) is 8.15. The van der Waals surface area contributed by atoms with Crippen molar-refractivity contribution in [1.82, 2.24) is 9.80 Å². The summed E-state index contributed by atoms with van der Waals surface area (Å²) in [7, 11) is 7.98. The summed E-state index contributed by atoms with van der Waals surface area (Å²) in [6.07, 6.45) is 1.14. The van der Waals surface area contributed by atoms with Crippen molar-refractivity contribution in [1.29, 1.82) is 0 Å². The van der Waals surface area contributed by atoms with Gasteiger partial charge in [0.15, 0.2) is 0 Å². The minimum Gasteiger partial charge on any atom is -0.496 e. The second-order valence-corrected chi connectivity index (χ2v) is 5.20. The number of rotatable bonds is 8. The number of aliphatic hydroxyl groups excluding tert-OH is 1. The summed E-state index contributed by atoms with van der Waals surface area (Å²) >= 11 is 0. The molecule has 0 aliphatic rings. The van der Waals surface area contributed by atoms with Crippen molar-refractivity contribution in [3.05, 3.63) is 29.3 Å². The normalized spacial score (nSPS) is 11.3. The summed E-state index contributed by atoms with van der Waals surface area (Å²) in [5.74, 6) is 0.886. The molecular weight excluding hydrogens is 240 g/mol. The number of nitrogens with zero attached hydrogens (tertiary/aromatic N) is 2. The molecule has 0 aliphatic heterocycles. The largest absolute Gasteiger partial charge is 0.496 e. The van der Waals surface area contributed by atoms with E-state index < -0.39 is 0 Å². The van der Waals surface area contributed by atoms with Crippen LogP contribution in [0.1, 0.15) is 17.5 Å². The van der Waals surface area contributed by atoms with Crippen LogP contribution >= 0.6 is 0 Å². The van der Waals surface area contributed by atoms with Gasteiger partial charge in [0.25, 0.3) is 0 Å². The summed E-state index contributed by atoms with van der Waals surface area (Å²) in [6, 6.07) is 5.84. The van der Waals surface area contributed by atoms with Gasteiger partial charge >= 0.3 is 0 Å². The third-order valence-corrected chi connectivity index (χ3v) is 3.11. The first-order chi connectivity index (χ1) is 9.06. The molecule has 0 fully saturated rings. The molecule has 1 N–H and O–H groups in total. The summed E-state index contributed by atoms with van der Waals surface area (Å²) in [6.45, 7) is 3.05. The molecule has 1 rings (SSSR count). The van der Waals surface area contributed by atoms with E-state index in [9.17, 15) is 5.11 Å². The highest BCUT2D eigenvalue weighted by molar-refractivity contribution is 5.37. The maximum Gasteiger partial charge on any atom is 0.123 e. The van der Waals surface area contributed by atoms with Crippen LogP contribution in [0.2, 0.25) is 0 Å². The molecule has 4 heteroatoms. The molecule has 1 aromatic carbocycles. The lowest BCUT2D eigenvalue weighted by Crippen LogP contribution is -2.23. The smallest absolute Gasteiger partial charge is 0.123 e.